The Morgan fingerprint density at radius 3 is 2.68 bits per heavy atom. The number of ether oxygens (including phenoxy) is 1. The summed E-state index contributed by atoms with van der Waals surface area (Å²) in [5.41, 5.74) is 3.71. The van der Waals surface area contributed by atoms with E-state index in [2.05, 4.69) is 36.4 Å². The van der Waals surface area contributed by atoms with Crippen LogP contribution in [0.2, 0.25) is 5.02 Å². The van der Waals surface area contributed by atoms with Crippen molar-refractivity contribution in [1.29, 1.82) is 0 Å². The van der Waals surface area contributed by atoms with Gasteiger partial charge in [-0.05, 0) is 59.5 Å². The number of thiophene rings is 1. The second-order valence-electron chi connectivity index (χ2n) is 6.67. The van der Waals surface area contributed by atoms with Gasteiger partial charge in [-0.2, -0.15) is 0 Å². The first-order valence-electron chi connectivity index (χ1n) is 9.31. The maximum atomic E-state index is 12.4. The highest BCUT2D eigenvalue weighted by Gasteiger charge is 2.16. The second kappa shape index (κ2) is 9.76. The summed E-state index contributed by atoms with van der Waals surface area (Å²) in [7, 11) is 3.52. The molecule has 1 amide bonds. The highest BCUT2D eigenvalue weighted by atomic mass is 35.5. The van der Waals surface area contributed by atoms with E-state index in [-0.39, 0.29) is 5.91 Å². The third kappa shape index (κ3) is 4.94. The van der Waals surface area contributed by atoms with Gasteiger partial charge in [0.15, 0.2) is 0 Å². The van der Waals surface area contributed by atoms with Gasteiger partial charge < -0.3 is 9.64 Å². The Kier molecular flexibility index (Phi) is 7.12. The van der Waals surface area contributed by atoms with Gasteiger partial charge in [-0.1, -0.05) is 48.0 Å². The molecular formula is C23H24ClNO2S. The lowest BCUT2D eigenvalue weighted by Crippen LogP contribution is -2.27. The van der Waals surface area contributed by atoms with Gasteiger partial charge in [0.2, 0.25) is 0 Å². The number of hydrogen-bond acceptors (Lipinski definition) is 3. The lowest BCUT2D eigenvalue weighted by atomic mass is 9.96. The first-order chi connectivity index (χ1) is 13.6. The van der Waals surface area contributed by atoms with Gasteiger partial charge in [-0.25, -0.2) is 0 Å². The number of aryl methyl sites for hydroxylation is 1. The maximum absolute atomic E-state index is 12.4. The number of amides is 1. The van der Waals surface area contributed by atoms with Crippen LogP contribution in [0.4, 0.5) is 0 Å². The quantitative estimate of drug-likeness (QED) is 0.413. The number of unbranched alkanes of at least 4 members (excludes halogenated alkanes) is 1. The Balaban J connectivity index is 1.58. The number of nitrogens with zero attached hydrogens (tertiary/aromatic N) is 1. The van der Waals surface area contributed by atoms with Gasteiger partial charge in [-0.3, -0.25) is 4.79 Å². The van der Waals surface area contributed by atoms with Crippen molar-refractivity contribution < 1.29 is 9.53 Å². The van der Waals surface area contributed by atoms with Gasteiger partial charge in [0, 0.05) is 13.6 Å². The molecule has 0 aliphatic heterocycles. The number of carbonyl (C=O) groups excluding carboxylic acids is 1. The summed E-state index contributed by atoms with van der Waals surface area (Å²) in [6, 6.07) is 18.4. The minimum absolute atomic E-state index is 0.00298. The minimum atomic E-state index is -0.00298. The summed E-state index contributed by atoms with van der Waals surface area (Å²) in [6.45, 7) is 0.717. The maximum Gasteiger partial charge on any atom is 0.265 e. The zero-order valence-corrected chi connectivity index (χ0v) is 17.7. The summed E-state index contributed by atoms with van der Waals surface area (Å²) in [5.74, 6) is 0.858. The van der Waals surface area contributed by atoms with Crippen molar-refractivity contribution in [2.24, 2.45) is 0 Å². The largest absolute Gasteiger partial charge is 0.497 e. The Bertz CT molecular complexity index is 938. The van der Waals surface area contributed by atoms with Gasteiger partial charge in [-0.15, -0.1) is 11.3 Å². The standard InChI is InChI=1S/C23H24ClNO2S/c1-25(23(26)22-21(24)13-15-28-22)14-6-5-9-17-8-3-4-12-20(17)18-10-7-11-19(16-18)27-2/h3-4,7-8,10-13,15-16H,5-6,9,14H2,1-2H3. The third-order valence-electron chi connectivity index (χ3n) is 4.75. The van der Waals surface area contributed by atoms with Crippen molar-refractivity contribution in [3.8, 4) is 16.9 Å². The van der Waals surface area contributed by atoms with E-state index in [1.54, 1.807) is 18.1 Å². The van der Waals surface area contributed by atoms with Gasteiger partial charge in [0.1, 0.15) is 10.6 Å². The first kappa shape index (κ1) is 20.4. The monoisotopic (exact) mass is 413 g/mol. The molecule has 0 saturated carbocycles. The summed E-state index contributed by atoms with van der Waals surface area (Å²) in [5, 5.41) is 2.38. The Morgan fingerprint density at radius 2 is 1.93 bits per heavy atom. The van der Waals surface area contributed by atoms with E-state index in [0.29, 0.717) is 16.4 Å². The van der Waals surface area contributed by atoms with Crippen LogP contribution in [0.5, 0.6) is 5.75 Å². The molecule has 3 rings (SSSR count). The summed E-state index contributed by atoms with van der Waals surface area (Å²) in [6.07, 6.45) is 2.92. The molecule has 0 fully saturated rings. The van der Waals surface area contributed by atoms with E-state index in [1.165, 1.54) is 22.5 Å². The van der Waals surface area contributed by atoms with E-state index < -0.39 is 0 Å². The van der Waals surface area contributed by atoms with Crippen LogP contribution in [-0.2, 0) is 6.42 Å². The Hall–Kier alpha value is -2.30. The van der Waals surface area contributed by atoms with Crippen molar-refractivity contribution in [2.45, 2.75) is 19.3 Å². The molecule has 5 heteroatoms. The molecule has 0 unspecified atom stereocenters. The fraction of sp³-hybridized carbons (Fsp3) is 0.261. The Morgan fingerprint density at radius 1 is 1.11 bits per heavy atom. The van der Waals surface area contributed by atoms with E-state index in [0.717, 1.165) is 30.6 Å². The molecule has 28 heavy (non-hydrogen) atoms. The van der Waals surface area contributed by atoms with Crippen molar-refractivity contribution in [3.63, 3.8) is 0 Å². The lowest BCUT2D eigenvalue weighted by molar-refractivity contribution is 0.0797. The van der Waals surface area contributed by atoms with Crippen LogP contribution >= 0.6 is 22.9 Å². The molecule has 0 bridgehead atoms. The van der Waals surface area contributed by atoms with Crippen LogP contribution in [0.25, 0.3) is 11.1 Å². The molecule has 1 heterocycles. The average Bonchev–Trinajstić information content (AvgIpc) is 3.16. The van der Waals surface area contributed by atoms with Crippen molar-refractivity contribution in [1.82, 2.24) is 4.90 Å². The molecule has 0 aliphatic rings. The van der Waals surface area contributed by atoms with Gasteiger partial charge >= 0.3 is 0 Å². The molecule has 0 aliphatic carbocycles. The van der Waals surface area contributed by atoms with Crippen LogP contribution in [0.15, 0.2) is 60.0 Å². The number of halogens is 1. The number of benzene rings is 2. The predicted molar refractivity (Wildman–Crippen MR) is 118 cm³/mol. The molecule has 3 aromatic rings. The predicted octanol–water partition coefficient (Wildman–Crippen LogP) is 6.17. The molecule has 0 N–H and O–H groups in total. The van der Waals surface area contributed by atoms with Crippen molar-refractivity contribution >= 4 is 28.8 Å². The molecule has 2 aromatic carbocycles. The van der Waals surface area contributed by atoms with Crippen LogP contribution in [0, 0.1) is 0 Å². The molecule has 0 saturated heterocycles. The highest BCUT2D eigenvalue weighted by molar-refractivity contribution is 7.12. The van der Waals surface area contributed by atoms with Crippen LogP contribution < -0.4 is 4.74 Å². The van der Waals surface area contributed by atoms with Crippen LogP contribution in [0.3, 0.4) is 0 Å². The molecular weight excluding hydrogens is 390 g/mol. The average molecular weight is 414 g/mol. The SMILES string of the molecule is COc1cccc(-c2ccccc2CCCCN(C)C(=O)c2sccc2Cl)c1. The fourth-order valence-corrected chi connectivity index (χ4v) is 4.33. The zero-order valence-electron chi connectivity index (χ0n) is 16.2. The van der Waals surface area contributed by atoms with Crippen molar-refractivity contribution in [2.75, 3.05) is 20.7 Å². The second-order valence-corrected chi connectivity index (χ2v) is 7.99. The number of carbonyl (C=O) groups is 1. The molecule has 1 aromatic heterocycles. The Labute approximate surface area is 175 Å². The summed E-state index contributed by atoms with van der Waals surface area (Å²) < 4.78 is 5.36. The van der Waals surface area contributed by atoms with E-state index >= 15 is 0 Å². The van der Waals surface area contributed by atoms with Crippen LogP contribution in [0.1, 0.15) is 28.1 Å². The number of methoxy groups -OCH3 is 1. The van der Waals surface area contributed by atoms with Crippen LogP contribution in [-0.4, -0.2) is 31.5 Å². The smallest absolute Gasteiger partial charge is 0.265 e. The minimum Gasteiger partial charge on any atom is -0.497 e. The number of rotatable bonds is 8. The molecule has 0 spiro atoms. The first-order valence-corrected chi connectivity index (χ1v) is 10.6. The topological polar surface area (TPSA) is 29.5 Å². The molecule has 146 valence electrons. The third-order valence-corrected chi connectivity index (χ3v) is 6.08. The van der Waals surface area contributed by atoms with E-state index in [1.807, 2.05) is 24.6 Å². The zero-order chi connectivity index (χ0) is 19.9. The van der Waals surface area contributed by atoms with Gasteiger partial charge in [0.05, 0.1) is 12.1 Å². The highest BCUT2D eigenvalue weighted by Crippen LogP contribution is 2.28. The van der Waals surface area contributed by atoms with Gasteiger partial charge in [0.25, 0.3) is 5.91 Å². The molecule has 3 nitrogen and oxygen atoms in total. The fourth-order valence-electron chi connectivity index (χ4n) is 3.20. The summed E-state index contributed by atoms with van der Waals surface area (Å²) >= 11 is 7.46. The van der Waals surface area contributed by atoms with E-state index in [4.69, 9.17) is 16.3 Å². The lowest BCUT2D eigenvalue weighted by Gasteiger charge is -2.17. The van der Waals surface area contributed by atoms with E-state index in [9.17, 15) is 4.79 Å². The summed E-state index contributed by atoms with van der Waals surface area (Å²) in [4.78, 5) is 14.8. The number of hydrogen-bond donors (Lipinski definition) is 0. The van der Waals surface area contributed by atoms with Crippen molar-refractivity contribution in [3.05, 3.63) is 75.4 Å². The normalized spacial score (nSPS) is 10.7. The molecule has 0 atom stereocenters. The molecule has 0 radical (unpaired) electrons.